The van der Waals surface area contributed by atoms with Gasteiger partial charge in [0.15, 0.2) is 0 Å². The summed E-state index contributed by atoms with van der Waals surface area (Å²) >= 11 is 0. The maximum absolute atomic E-state index is 5.86. The highest BCUT2D eigenvalue weighted by Gasteiger charge is 1.98. The second-order valence-corrected chi connectivity index (χ2v) is 4.01. The van der Waals surface area contributed by atoms with E-state index in [9.17, 15) is 0 Å². The van der Waals surface area contributed by atoms with Crippen LogP contribution in [0.15, 0.2) is 48.5 Å². The second-order valence-electron chi connectivity index (χ2n) is 4.01. The average molecular weight is 227 g/mol. The fraction of sp³-hybridized carbons (Fsp3) is 0.143. The van der Waals surface area contributed by atoms with E-state index in [1.807, 2.05) is 30.3 Å². The lowest BCUT2D eigenvalue weighted by Crippen LogP contribution is -2.07. The SMILES string of the molecule is Nc1ccc(NCCc2ccccc2)c(N)c1. The number of nitrogens with two attached hydrogens (primary N) is 2. The predicted octanol–water partition coefficient (Wildman–Crippen LogP) is 2.51. The lowest BCUT2D eigenvalue weighted by molar-refractivity contribution is 1.02. The van der Waals surface area contributed by atoms with Gasteiger partial charge in [0.05, 0.1) is 11.4 Å². The molecule has 0 atom stereocenters. The third kappa shape index (κ3) is 3.14. The molecule has 0 aliphatic heterocycles. The van der Waals surface area contributed by atoms with Gasteiger partial charge in [-0.25, -0.2) is 0 Å². The quantitative estimate of drug-likeness (QED) is 0.703. The molecule has 0 heterocycles. The zero-order valence-corrected chi connectivity index (χ0v) is 9.69. The maximum atomic E-state index is 5.86. The minimum atomic E-state index is 0.691. The van der Waals surface area contributed by atoms with Crippen molar-refractivity contribution in [3.63, 3.8) is 0 Å². The summed E-state index contributed by atoms with van der Waals surface area (Å²) in [4.78, 5) is 0. The summed E-state index contributed by atoms with van der Waals surface area (Å²) < 4.78 is 0. The Morgan fingerprint density at radius 1 is 0.941 bits per heavy atom. The molecule has 0 saturated heterocycles. The monoisotopic (exact) mass is 227 g/mol. The highest BCUT2D eigenvalue weighted by molar-refractivity contribution is 5.70. The molecule has 2 aromatic rings. The molecule has 0 spiro atoms. The Balaban J connectivity index is 1.90. The van der Waals surface area contributed by atoms with Crippen LogP contribution in [0.2, 0.25) is 0 Å². The molecule has 17 heavy (non-hydrogen) atoms. The first-order chi connectivity index (χ1) is 8.25. The van der Waals surface area contributed by atoms with Gasteiger partial charge >= 0.3 is 0 Å². The number of rotatable bonds is 4. The van der Waals surface area contributed by atoms with Gasteiger partial charge < -0.3 is 16.8 Å². The molecule has 0 amide bonds. The standard InChI is InChI=1S/C14H17N3/c15-12-6-7-14(13(16)10-12)17-9-8-11-4-2-1-3-5-11/h1-7,10,17H,8-9,15-16H2. The summed E-state index contributed by atoms with van der Waals surface area (Å²) in [6.45, 7) is 0.859. The fourth-order valence-corrected chi connectivity index (χ4v) is 1.73. The van der Waals surface area contributed by atoms with Gasteiger partial charge in [0, 0.05) is 12.2 Å². The number of benzene rings is 2. The molecule has 0 radical (unpaired) electrons. The third-order valence-corrected chi connectivity index (χ3v) is 2.65. The Morgan fingerprint density at radius 2 is 1.71 bits per heavy atom. The molecule has 2 rings (SSSR count). The molecule has 0 aliphatic carbocycles. The molecule has 0 aromatic heterocycles. The first-order valence-corrected chi connectivity index (χ1v) is 5.68. The number of nitrogen functional groups attached to an aromatic ring is 2. The third-order valence-electron chi connectivity index (χ3n) is 2.65. The van der Waals surface area contributed by atoms with Crippen molar-refractivity contribution in [1.29, 1.82) is 0 Å². The number of nitrogens with one attached hydrogen (secondary N) is 1. The minimum absolute atomic E-state index is 0.691. The minimum Gasteiger partial charge on any atom is -0.399 e. The Morgan fingerprint density at radius 3 is 2.41 bits per heavy atom. The largest absolute Gasteiger partial charge is 0.399 e. The smallest absolute Gasteiger partial charge is 0.0575 e. The van der Waals surface area contributed by atoms with E-state index in [1.54, 1.807) is 6.07 Å². The van der Waals surface area contributed by atoms with Crippen LogP contribution in [0.4, 0.5) is 17.1 Å². The van der Waals surface area contributed by atoms with E-state index >= 15 is 0 Å². The van der Waals surface area contributed by atoms with E-state index in [0.29, 0.717) is 11.4 Å². The van der Waals surface area contributed by atoms with Crippen molar-refractivity contribution >= 4 is 17.1 Å². The molecule has 3 nitrogen and oxygen atoms in total. The molecule has 88 valence electrons. The first-order valence-electron chi connectivity index (χ1n) is 5.68. The zero-order chi connectivity index (χ0) is 12.1. The van der Waals surface area contributed by atoms with Crippen LogP contribution in [0.3, 0.4) is 0 Å². The van der Waals surface area contributed by atoms with Crippen LogP contribution in [0.5, 0.6) is 0 Å². The topological polar surface area (TPSA) is 64.1 Å². The summed E-state index contributed by atoms with van der Waals surface area (Å²) in [6, 6.07) is 15.9. The van der Waals surface area contributed by atoms with Crippen molar-refractivity contribution in [1.82, 2.24) is 0 Å². The van der Waals surface area contributed by atoms with Crippen molar-refractivity contribution < 1.29 is 0 Å². The van der Waals surface area contributed by atoms with Crippen LogP contribution in [-0.2, 0) is 6.42 Å². The van der Waals surface area contributed by atoms with Crippen molar-refractivity contribution in [3.05, 3.63) is 54.1 Å². The molecule has 3 heteroatoms. The normalized spacial score (nSPS) is 10.1. The predicted molar refractivity (Wildman–Crippen MR) is 73.9 cm³/mol. The highest BCUT2D eigenvalue weighted by atomic mass is 14.9. The van der Waals surface area contributed by atoms with E-state index in [2.05, 4.69) is 17.4 Å². The maximum Gasteiger partial charge on any atom is 0.0575 e. The Bertz CT molecular complexity index is 480. The molecule has 0 fully saturated rings. The summed E-state index contributed by atoms with van der Waals surface area (Å²) in [7, 11) is 0. The van der Waals surface area contributed by atoms with Crippen LogP contribution in [-0.4, -0.2) is 6.54 Å². The van der Waals surface area contributed by atoms with Gasteiger partial charge in [0.1, 0.15) is 0 Å². The van der Waals surface area contributed by atoms with Gasteiger partial charge in [-0.3, -0.25) is 0 Å². The summed E-state index contributed by atoms with van der Waals surface area (Å²) in [5.41, 5.74) is 15.1. The molecule has 0 saturated carbocycles. The van der Waals surface area contributed by atoms with Gasteiger partial charge in [-0.2, -0.15) is 0 Å². The van der Waals surface area contributed by atoms with Crippen LogP contribution < -0.4 is 16.8 Å². The fourth-order valence-electron chi connectivity index (χ4n) is 1.73. The van der Waals surface area contributed by atoms with Gasteiger partial charge in [-0.05, 0) is 30.2 Å². The van der Waals surface area contributed by atoms with Crippen LogP contribution in [0.1, 0.15) is 5.56 Å². The summed E-state index contributed by atoms with van der Waals surface area (Å²) in [5.74, 6) is 0. The summed E-state index contributed by atoms with van der Waals surface area (Å²) in [5, 5.41) is 3.31. The van der Waals surface area contributed by atoms with E-state index in [-0.39, 0.29) is 0 Å². The number of hydrogen-bond donors (Lipinski definition) is 3. The van der Waals surface area contributed by atoms with E-state index in [4.69, 9.17) is 11.5 Å². The van der Waals surface area contributed by atoms with E-state index in [0.717, 1.165) is 18.7 Å². The van der Waals surface area contributed by atoms with E-state index in [1.165, 1.54) is 5.56 Å². The van der Waals surface area contributed by atoms with Gasteiger partial charge in [0.2, 0.25) is 0 Å². The van der Waals surface area contributed by atoms with Crippen molar-refractivity contribution in [3.8, 4) is 0 Å². The lowest BCUT2D eigenvalue weighted by Gasteiger charge is -2.09. The average Bonchev–Trinajstić information content (AvgIpc) is 2.33. The van der Waals surface area contributed by atoms with Crippen molar-refractivity contribution in [2.75, 3.05) is 23.3 Å². The van der Waals surface area contributed by atoms with Crippen molar-refractivity contribution in [2.45, 2.75) is 6.42 Å². The van der Waals surface area contributed by atoms with Crippen LogP contribution in [0.25, 0.3) is 0 Å². The molecule has 5 N–H and O–H groups in total. The van der Waals surface area contributed by atoms with Crippen LogP contribution in [0, 0.1) is 0 Å². The molecular formula is C14H17N3. The van der Waals surface area contributed by atoms with Crippen LogP contribution >= 0.6 is 0 Å². The highest BCUT2D eigenvalue weighted by Crippen LogP contribution is 2.20. The number of hydrogen-bond acceptors (Lipinski definition) is 3. The molecule has 0 bridgehead atoms. The Hall–Kier alpha value is -2.16. The second kappa shape index (κ2) is 5.25. The molecule has 0 aliphatic rings. The van der Waals surface area contributed by atoms with Gasteiger partial charge in [-0.15, -0.1) is 0 Å². The van der Waals surface area contributed by atoms with E-state index < -0.39 is 0 Å². The van der Waals surface area contributed by atoms with Gasteiger partial charge in [-0.1, -0.05) is 30.3 Å². The molecule has 0 unspecified atom stereocenters. The lowest BCUT2D eigenvalue weighted by atomic mass is 10.1. The zero-order valence-electron chi connectivity index (χ0n) is 9.69. The summed E-state index contributed by atoms with van der Waals surface area (Å²) in [6.07, 6.45) is 0.977. The Kier molecular flexibility index (Phi) is 3.50. The first kappa shape index (κ1) is 11.3. The van der Waals surface area contributed by atoms with Gasteiger partial charge in [0.25, 0.3) is 0 Å². The Labute approximate surface area is 101 Å². The molecule has 2 aromatic carbocycles. The molecular weight excluding hydrogens is 210 g/mol. The number of anilines is 3. The van der Waals surface area contributed by atoms with Crippen molar-refractivity contribution in [2.24, 2.45) is 0 Å².